The maximum absolute atomic E-state index is 13.6. The maximum atomic E-state index is 13.6. The molecule has 1 amide bonds. The van der Waals surface area contributed by atoms with Crippen LogP contribution in [0.3, 0.4) is 0 Å². The molecule has 2 aromatic heterocycles. The van der Waals surface area contributed by atoms with Gasteiger partial charge in [0.25, 0.3) is 5.91 Å². The fraction of sp³-hybridized carbons (Fsp3) is 0.407. The second-order valence-corrected chi connectivity index (χ2v) is 11.0. The summed E-state index contributed by atoms with van der Waals surface area (Å²) in [5, 5.41) is 8.93. The van der Waals surface area contributed by atoms with E-state index in [0.717, 1.165) is 59.1 Å². The number of methoxy groups -OCH3 is 1. The van der Waals surface area contributed by atoms with Gasteiger partial charge in [0.15, 0.2) is 5.69 Å². The number of hydrogen-bond donors (Lipinski definition) is 0. The number of likely N-dealkylation sites (N-methyl/N-ethyl adjacent to an activating group) is 1. The van der Waals surface area contributed by atoms with E-state index in [9.17, 15) is 4.79 Å². The molecule has 35 heavy (non-hydrogen) atoms. The van der Waals surface area contributed by atoms with Gasteiger partial charge in [0.1, 0.15) is 18.1 Å². The Hall–Kier alpha value is -3.10. The highest BCUT2D eigenvalue weighted by Crippen LogP contribution is 2.45. The molecule has 0 aliphatic carbocycles. The minimum absolute atomic E-state index is 0.110. The molecule has 4 heterocycles. The van der Waals surface area contributed by atoms with Crippen LogP contribution in [0.1, 0.15) is 48.8 Å². The average molecular weight is 493 g/mol. The van der Waals surface area contributed by atoms with Gasteiger partial charge in [-0.1, -0.05) is 6.08 Å². The van der Waals surface area contributed by atoms with Crippen LogP contribution in [0.4, 0.5) is 0 Å². The Kier molecular flexibility index (Phi) is 5.97. The average Bonchev–Trinajstić information content (AvgIpc) is 3.50. The first kappa shape index (κ1) is 23.6. The van der Waals surface area contributed by atoms with Crippen molar-refractivity contribution in [2.24, 2.45) is 0 Å². The molecule has 3 aromatic rings. The van der Waals surface area contributed by atoms with E-state index in [1.54, 1.807) is 23.3 Å². The number of benzene rings is 1. The zero-order chi connectivity index (χ0) is 24.9. The van der Waals surface area contributed by atoms with Crippen LogP contribution in [0.2, 0.25) is 0 Å². The largest absolute Gasteiger partial charge is 0.496 e. The molecule has 0 fully saturated rings. The summed E-state index contributed by atoms with van der Waals surface area (Å²) in [6.45, 7) is 8.24. The molecule has 5 rings (SSSR count). The van der Waals surface area contributed by atoms with E-state index in [1.165, 1.54) is 5.57 Å². The molecule has 2 aliphatic rings. The van der Waals surface area contributed by atoms with E-state index in [2.05, 4.69) is 24.1 Å². The van der Waals surface area contributed by atoms with Gasteiger partial charge in [-0.15, -0.1) is 0 Å². The number of carbonyl (C=O) groups is 1. The first-order chi connectivity index (χ1) is 16.7. The number of carbonyl (C=O) groups excluding carboxylic acids is 1. The number of ether oxygens (including phenoxy) is 2. The van der Waals surface area contributed by atoms with E-state index in [4.69, 9.17) is 14.6 Å². The van der Waals surface area contributed by atoms with Gasteiger partial charge in [0, 0.05) is 53.8 Å². The molecule has 0 bridgehead atoms. The van der Waals surface area contributed by atoms with Gasteiger partial charge in [-0.2, -0.15) is 16.4 Å². The number of amides is 1. The van der Waals surface area contributed by atoms with Crippen molar-refractivity contribution in [3.63, 3.8) is 0 Å². The predicted octanol–water partition coefficient (Wildman–Crippen LogP) is 5.09. The number of hydrogen-bond acceptors (Lipinski definition) is 6. The smallest absolute Gasteiger partial charge is 0.274 e. The molecule has 0 saturated heterocycles. The fourth-order valence-electron chi connectivity index (χ4n) is 4.51. The number of thiophene rings is 1. The van der Waals surface area contributed by atoms with Gasteiger partial charge in [-0.3, -0.25) is 4.79 Å². The first-order valence-corrected chi connectivity index (χ1v) is 12.8. The Morgan fingerprint density at radius 1 is 1.26 bits per heavy atom. The molecule has 0 spiro atoms. The summed E-state index contributed by atoms with van der Waals surface area (Å²) in [7, 11) is 5.65. The van der Waals surface area contributed by atoms with Crippen molar-refractivity contribution >= 4 is 22.8 Å². The lowest BCUT2D eigenvalue weighted by Gasteiger charge is -2.31. The van der Waals surface area contributed by atoms with Gasteiger partial charge >= 0.3 is 0 Å². The number of nitrogens with zero attached hydrogens (tertiary/aromatic N) is 4. The molecular weight excluding hydrogens is 460 g/mol. The third kappa shape index (κ3) is 4.15. The summed E-state index contributed by atoms with van der Waals surface area (Å²) in [4.78, 5) is 17.6. The molecule has 0 atom stereocenters. The monoisotopic (exact) mass is 492 g/mol. The minimum Gasteiger partial charge on any atom is -0.496 e. The van der Waals surface area contributed by atoms with Crippen LogP contribution in [0.25, 0.3) is 22.5 Å². The van der Waals surface area contributed by atoms with Gasteiger partial charge in [0.05, 0.1) is 18.5 Å². The highest BCUT2D eigenvalue weighted by Gasteiger charge is 2.34. The molecule has 8 heteroatoms. The summed E-state index contributed by atoms with van der Waals surface area (Å²) in [6.07, 6.45) is 3.21. The van der Waals surface area contributed by atoms with Crippen LogP contribution < -0.4 is 9.47 Å². The normalized spacial score (nSPS) is 15.7. The van der Waals surface area contributed by atoms with Gasteiger partial charge in [-0.25, -0.2) is 4.68 Å². The Labute approximate surface area is 210 Å². The lowest BCUT2D eigenvalue weighted by Crippen LogP contribution is -2.43. The molecule has 0 unspecified atom stereocenters. The van der Waals surface area contributed by atoms with E-state index in [0.29, 0.717) is 5.69 Å². The third-order valence-corrected chi connectivity index (χ3v) is 7.61. The third-order valence-electron chi connectivity index (χ3n) is 6.93. The van der Waals surface area contributed by atoms with Crippen LogP contribution >= 0.6 is 11.3 Å². The topological polar surface area (TPSA) is 59.8 Å². The predicted molar refractivity (Wildman–Crippen MR) is 140 cm³/mol. The Morgan fingerprint density at radius 2 is 2.06 bits per heavy atom. The lowest BCUT2D eigenvalue weighted by atomic mass is 9.93. The van der Waals surface area contributed by atoms with Crippen molar-refractivity contribution in [2.45, 2.75) is 39.3 Å². The maximum Gasteiger partial charge on any atom is 0.274 e. The summed E-state index contributed by atoms with van der Waals surface area (Å²) < 4.78 is 13.9. The fourth-order valence-corrected chi connectivity index (χ4v) is 5.13. The Balaban J connectivity index is 1.71. The highest BCUT2D eigenvalue weighted by molar-refractivity contribution is 7.08. The quantitative estimate of drug-likeness (QED) is 0.508. The molecule has 2 aliphatic heterocycles. The van der Waals surface area contributed by atoms with Crippen molar-refractivity contribution in [3.05, 3.63) is 51.9 Å². The summed E-state index contributed by atoms with van der Waals surface area (Å²) >= 11 is 1.61. The van der Waals surface area contributed by atoms with Gasteiger partial charge in [-0.05, 0) is 57.3 Å². The second-order valence-electron chi connectivity index (χ2n) is 10.2. The Morgan fingerprint density at radius 3 is 2.69 bits per heavy atom. The first-order valence-electron chi connectivity index (χ1n) is 11.8. The summed E-state index contributed by atoms with van der Waals surface area (Å²) in [5.74, 6) is 1.43. The van der Waals surface area contributed by atoms with E-state index >= 15 is 0 Å². The lowest BCUT2D eigenvalue weighted by molar-refractivity contribution is 0.0646. The standard InChI is InChI=1S/C27H32N4O3S/c1-27(2,3)30(5)26(32)24-21-15-34-23-14-22(33-6)19(17-7-10-29(4)11-8-17)13-20(23)25(21)31(28-24)18-9-12-35-16-18/h7,9,12-14,16H,8,10-11,15H2,1-6H3. The molecule has 0 N–H and O–H groups in total. The van der Waals surface area contributed by atoms with Crippen molar-refractivity contribution < 1.29 is 14.3 Å². The van der Waals surface area contributed by atoms with Crippen molar-refractivity contribution in [3.8, 4) is 28.4 Å². The molecule has 7 nitrogen and oxygen atoms in total. The number of aromatic nitrogens is 2. The molecule has 0 radical (unpaired) electrons. The molecule has 1 aromatic carbocycles. The van der Waals surface area contributed by atoms with Crippen LogP contribution in [-0.2, 0) is 6.61 Å². The van der Waals surface area contributed by atoms with Gasteiger partial charge < -0.3 is 19.3 Å². The van der Waals surface area contributed by atoms with Crippen LogP contribution in [-0.4, -0.2) is 65.3 Å². The zero-order valence-electron chi connectivity index (χ0n) is 21.2. The SMILES string of the molecule is COc1cc2c(cc1C1=CCN(C)CC1)-c1c(c(C(=O)N(C)C(C)(C)C)nn1-c1ccsc1)CO2. The number of fused-ring (bicyclic) bond motifs is 3. The van der Waals surface area contributed by atoms with Crippen molar-refractivity contribution in [1.82, 2.24) is 19.6 Å². The van der Waals surface area contributed by atoms with E-state index in [1.807, 2.05) is 55.4 Å². The van der Waals surface area contributed by atoms with E-state index in [-0.39, 0.29) is 18.1 Å². The molecule has 184 valence electrons. The second kappa shape index (κ2) is 8.84. The summed E-state index contributed by atoms with van der Waals surface area (Å²) in [5.41, 5.74) is 6.03. The highest BCUT2D eigenvalue weighted by atomic mass is 32.1. The molecular formula is C27H32N4O3S. The van der Waals surface area contributed by atoms with Crippen LogP contribution in [0.5, 0.6) is 11.5 Å². The van der Waals surface area contributed by atoms with Gasteiger partial charge in [0.2, 0.25) is 0 Å². The van der Waals surface area contributed by atoms with Crippen LogP contribution in [0, 0.1) is 0 Å². The summed E-state index contributed by atoms with van der Waals surface area (Å²) in [6, 6.07) is 6.15. The van der Waals surface area contributed by atoms with Crippen molar-refractivity contribution in [2.75, 3.05) is 34.3 Å². The van der Waals surface area contributed by atoms with E-state index < -0.39 is 0 Å². The van der Waals surface area contributed by atoms with Crippen molar-refractivity contribution in [1.29, 1.82) is 0 Å². The van der Waals surface area contributed by atoms with Crippen LogP contribution in [0.15, 0.2) is 35.0 Å². The minimum atomic E-state index is -0.329. The zero-order valence-corrected chi connectivity index (χ0v) is 22.0. The molecule has 0 saturated carbocycles. The number of rotatable bonds is 4. The Bertz CT molecular complexity index is 1300.